The lowest BCUT2D eigenvalue weighted by Gasteiger charge is -2.61. The number of Topliss-reactive ketones (excluding diaryl/α,β-unsaturated/α-hetero) is 1. The highest BCUT2D eigenvalue weighted by atomic mass is 32.2. The first-order chi connectivity index (χ1) is 14.6. The Hall–Kier alpha value is -2.09. The molecule has 0 spiro atoms. The van der Waals surface area contributed by atoms with Gasteiger partial charge in [-0.3, -0.25) is 19.2 Å². The van der Waals surface area contributed by atoms with Gasteiger partial charge in [0, 0.05) is 18.4 Å². The third kappa shape index (κ3) is 3.43. The number of methoxy groups -OCH3 is 1. The summed E-state index contributed by atoms with van der Waals surface area (Å²) < 4.78 is 16.0. The predicted octanol–water partition coefficient (Wildman–Crippen LogP) is 3.72. The summed E-state index contributed by atoms with van der Waals surface area (Å²) in [5.74, 6) is -2.23. The maximum Gasteiger partial charge on any atom is 0.310 e. The Labute approximate surface area is 185 Å². The monoisotopic (exact) mass is 448 g/mol. The van der Waals surface area contributed by atoms with E-state index in [2.05, 4.69) is 0 Å². The fraction of sp³-hybridized carbons (Fsp3) is 0.652. The van der Waals surface area contributed by atoms with Crippen LogP contribution >= 0.6 is 11.8 Å². The van der Waals surface area contributed by atoms with Crippen molar-refractivity contribution in [2.24, 2.45) is 28.6 Å². The molecule has 0 N–H and O–H groups in total. The first kappa shape index (κ1) is 22.1. The highest BCUT2D eigenvalue weighted by Gasteiger charge is 2.67. The zero-order valence-corrected chi connectivity index (χ0v) is 19.0. The first-order valence-electron chi connectivity index (χ1n) is 10.6. The van der Waals surface area contributed by atoms with Gasteiger partial charge in [-0.25, -0.2) is 0 Å². The van der Waals surface area contributed by atoms with Gasteiger partial charge in [-0.1, -0.05) is 25.6 Å². The lowest BCUT2D eigenvalue weighted by atomic mass is 9.43. The number of ketones is 1. The number of furan rings is 1. The quantitative estimate of drug-likeness (QED) is 0.645. The number of esters is 2. The van der Waals surface area contributed by atoms with E-state index in [0.717, 1.165) is 17.3 Å². The van der Waals surface area contributed by atoms with Crippen molar-refractivity contribution in [3.8, 4) is 0 Å². The molecule has 1 aromatic heterocycles. The normalized spacial score (nSPS) is 39.8. The van der Waals surface area contributed by atoms with Gasteiger partial charge < -0.3 is 13.9 Å². The first-order valence-corrected chi connectivity index (χ1v) is 11.5. The predicted molar refractivity (Wildman–Crippen MR) is 112 cm³/mol. The lowest BCUT2D eigenvalue weighted by molar-refractivity contribution is -0.202. The summed E-state index contributed by atoms with van der Waals surface area (Å²) in [5.41, 5.74) is -0.603. The number of cyclic esters (lactones) is 1. The number of ether oxygens (including phenoxy) is 2. The molecule has 0 bridgehead atoms. The maximum absolute atomic E-state index is 13.8. The molecular weight excluding hydrogens is 420 g/mol. The topological polar surface area (TPSA) is 99.9 Å². The van der Waals surface area contributed by atoms with Gasteiger partial charge in [-0.2, -0.15) is 0 Å². The van der Waals surface area contributed by atoms with Crippen LogP contribution in [0, 0.1) is 28.6 Å². The van der Waals surface area contributed by atoms with E-state index in [1.807, 2.05) is 13.8 Å². The Bertz CT molecular complexity index is 909. The molecule has 0 unspecified atom stereocenters. The van der Waals surface area contributed by atoms with E-state index in [9.17, 15) is 19.2 Å². The second-order valence-electron chi connectivity index (χ2n) is 9.53. The molecule has 8 heteroatoms. The van der Waals surface area contributed by atoms with Gasteiger partial charge in [-0.05, 0) is 42.6 Å². The van der Waals surface area contributed by atoms with Gasteiger partial charge in [-0.15, -0.1) is 0 Å². The van der Waals surface area contributed by atoms with Crippen LogP contribution in [0.3, 0.4) is 0 Å². The lowest BCUT2D eigenvalue weighted by Crippen LogP contribution is -2.64. The Morgan fingerprint density at radius 3 is 2.58 bits per heavy atom. The van der Waals surface area contributed by atoms with Crippen LogP contribution in [0.2, 0.25) is 0 Å². The summed E-state index contributed by atoms with van der Waals surface area (Å²) in [7, 11) is 1.35. The van der Waals surface area contributed by atoms with Crippen LogP contribution < -0.4 is 0 Å². The average molecular weight is 449 g/mol. The van der Waals surface area contributed by atoms with Crippen molar-refractivity contribution >= 4 is 34.6 Å². The number of carbonyl (C=O) groups is 4. The highest BCUT2D eigenvalue weighted by Crippen LogP contribution is 2.65. The number of fused-ring (bicyclic) bond motifs is 3. The van der Waals surface area contributed by atoms with Crippen LogP contribution in [0.5, 0.6) is 0 Å². The highest BCUT2D eigenvalue weighted by molar-refractivity contribution is 8.14. The van der Waals surface area contributed by atoms with E-state index in [0.29, 0.717) is 19.3 Å². The van der Waals surface area contributed by atoms with Crippen molar-refractivity contribution in [1.82, 2.24) is 0 Å². The Kier molecular flexibility index (Phi) is 5.56. The number of carbonyl (C=O) groups excluding carboxylic acids is 4. The number of hydrogen-bond donors (Lipinski definition) is 0. The Balaban J connectivity index is 1.80. The Morgan fingerprint density at radius 2 is 1.97 bits per heavy atom. The van der Waals surface area contributed by atoms with Gasteiger partial charge in [0.2, 0.25) is 0 Å². The van der Waals surface area contributed by atoms with E-state index >= 15 is 0 Å². The summed E-state index contributed by atoms with van der Waals surface area (Å²) in [4.78, 5) is 51.6. The summed E-state index contributed by atoms with van der Waals surface area (Å²) in [6.07, 6.45) is 4.40. The summed E-state index contributed by atoms with van der Waals surface area (Å²) >= 11 is 0.980. The number of thioether (sulfide) groups is 1. The summed E-state index contributed by atoms with van der Waals surface area (Å²) in [6.45, 7) is 5.37. The van der Waals surface area contributed by atoms with Crippen LogP contribution in [0.4, 0.5) is 0 Å². The minimum Gasteiger partial charge on any atom is -0.472 e. The van der Waals surface area contributed by atoms with Crippen LogP contribution in [0.15, 0.2) is 23.0 Å². The van der Waals surface area contributed by atoms with Crippen molar-refractivity contribution in [2.75, 3.05) is 7.11 Å². The molecule has 2 heterocycles. The molecule has 2 saturated carbocycles. The smallest absolute Gasteiger partial charge is 0.310 e. The fourth-order valence-electron chi connectivity index (χ4n) is 6.46. The molecule has 4 rings (SSSR count). The molecule has 1 aromatic rings. The summed E-state index contributed by atoms with van der Waals surface area (Å²) in [6, 6.07) is 1.76. The molecule has 0 amide bonds. The summed E-state index contributed by atoms with van der Waals surface area (Å²) in [5, 5.41) is -0.789. The SMILES string of the molecule is COC(=O)[C@@H]1C[C@H](SC(C)=O)C(=O)[C@H]2[C@@]1(C)CC[C@H]1C(=O)O[C@@H](c3ccoc3)C[C@]21C. The molecule has 0 radical (unpaired) electrons. The van der Waals surface area contributed by atoms with Crippen LogP contribution in [-0.2, 0) is 28.7 Å². The molecule has 1 aliphatic heterocycles. The maximum atomic E-state index is 13.8. The van der Waals surface area contributed by atoms with E-state index < -0.39 is 39.9 Å². The van der Waals surface area contributed by atoms with Crippen molar-refractivity contribution in [3.05, 3.63) is 24.2 Å². The zero-order chi connectivity index (χ0) is 22.6. The molecule has 31 heavy (non-hydrogen) atoms. The van der Waals surface area contributed by atoms with Gasteiger partial charge in [0.15, 0.2) is 10.9 Å². The zero-order valence-electron chi connectivity index (χ0n) is 18.2. The third-order valence-electron chi connectivity index (χ3n) is 7.81. The van der Waals surface area contributed by atoms with Crippen LogP contribution in [0.25, 0.3) is 0 Å². The molecule has 7 nitrogen and oxygen atoms in total. The largest absolute Gasteiger partial charge is 0.472 e. The molecule has 3 fully saturated rings. The van der Waals surface area contributed by atoms with E-state index in [4.69, 9.17) is 13.9 Å². The standard InChI is InChI=1S/C23H28O7S/c1-12(24)31-17-9-15(20(26)28-4)22(2)7-5-14-21(27)30-16(13-6-8-29-11-13)10-23(14,3)19(22)18(17)25/h6,8,11,14-17,19H,5,7,9-10H2,1-4H3/t14-,15-,16+,17-,19-,22-,23-/m0/s1. The van der Waals surface area contributed by atoms with Crippen LogP contribution in [0.1, 0.15) is 58.1 Å². The van der Waals surface area contributed by atoms with Gasteiger partial charge in [0.1, 0.15) is 6.10 Å². The average Bonchev–Trinajstić information content (AvgIpc) is 3.23. The Morgan fingerprint density at radius 1 is 1.23 bits per heavy atom. The van der Waals surface area contributed by atoms with E-state index in [-0.39, 0.29) is 29.3 Å². The van der Waals surface area contributed by atoms with Crippen molar-refractivity contribution in [2.45, 2.75) is 57.8 Å². The van der Waals surface area contributed by atoms with E-state index in [1.165, 1.54) is 20.3 Å². The molecule has 2 aliphatic carbocycles. The second kappa shape index (κ2) is 7.80. The van der Waals surface area contributed by atoms with Crippen molar-refractivity contribution in [1.29, 1.82) is 0 Å². The molecule has 0 aromatic carbocycles. The fourth-order valence-corrected chi connectivity index (χ4v) is 7.41. The van der Waals surface area contributed by atoms with Crippen molar-refractivity contribution < 1.29 is 33.1 Å². The van der Waals surface area contributed by atoms with Gasteiger partial charge >= 0.3 is 11.9 Å². The van der Waals surface area contributed by atoms with Crippen molar-refractivity contribution in [3.63, 3.8) is 0 Å². The van der Waals surface area contributed by atoms with Gasteiger partial charge in [0.25, 0.3) is 0 Å². The molecule has 3 aliphatic rings. The molecule has 1 saturated heterocycles. The minimum absolute atomic E-state index is 0.0457. The number of rotatable bonds is 3. The van der Waals surface area contributed by atoms with E-state index in [1.54, 1.807) is 12.3 Å². The molecule has 168 valence electrons. The minimum atomic E-state index is -0.705. The van der Waals surface area contributed by atoms with Crippen LogP contribution in [-0.4, -0.2) is 35.2 Å². The molecule has 7 atom stereocenters. The third-order valence-corrected chi connectivity index (χ3v) is 8.85. The second-order valence-corrected chi connectivity index (χ2v) is 10.9. The van der Waals surface area contributed by atoms with Gasteiger partial charge in [0.05, 0.1) is 36.7 Å². The molecular formula is C23H28O7S. The number of hydrogen-bond acceptors (Lipinski definition) is 8.